The van der Waals surface area contributed by atoms with E-state index < -0.39 is 8.69 Å². The van der Waals surface area contributed by atoms with E-state index in [1.54, 1.807) is 0 Å². The van der Waals surface area contributed by atoms with Gasteiger partial charge in [-0.05, 0) is 31.7 Å². The summed E-state index contributed by atoms with van der Waals surface area (Å²) >= 11 is 0. The molecule has 0 saturated heterocycles. The van der Waals surface area contributed by atoms with Gasteiger partial charge in [0.2, 0.25) is 0 Å². The minimum Gasteiger partial charge on any atom is -0.310 e. The first-order chi connectivity index (χ1) is 4.76. The minimum atomic E-state index is -0.833. The number of rotatable bonds is 3. The van der Waals surface area contributed by atoms with Gasteiger partial charge in [0.25, 0.3) is 0 Å². The van der Waals surface area contributed by atoms with Crippen molar-refractivity contribution in [3.63, 3.8) is 0 Å². The topological polar surface area (TPSA) is 37.3 Å². The highest BCUT2D eigenvalue weighted by atomic mass is 32.2. The summed E-state index contributed by atoms with van der Waals surface area (Å²) in [6.07, 6.45) is 0. The molecule has 0 spiro atoms. The summed E-state index contributed by atoms with van der Waals surface area (Å²) in [6.45, 7) is 6.82. The van der Waals surface area contributed by atoms with Crippen LogP contribution in [-0.2, 0) is 15.5 Å². The van der Waals surface area contributed by atoms with Crippen LogP contribution in [0.4, 0.5) is 0 Å². The molecule has 0 atom stereocenters. The maximum atomic E-state index is 8.46. The smallest absolute Gasteiger partial charge is 0.310 e. The van der Waals surface area contributed by atoms with Crippen molar-refractivity contribution in [2.75, 3.05) is 17.3 Å². The van der Waals surface area contributed by atoms with Crippen LogP contribution >= 0.6 is 8.69 Å². The molecule has 0 rings (SSSR count). The third kappa shape index (κ3) is 11.2. The zero-order valence-corrected chi connectivity index (χ0v) is 8.54. The molecule has 0 radical (unpaired) electrons. The SMILES string of the molecule is CC[S+](CC)CC.O=PO. The molecule has 0 aromatic rings. The molecule has 0 saturated carbocycles. The number of hydrogen-bond donors (Lipinski definition) is 1. The molecule has 2 nitrogen and oxygen atoms in total. The Morgan fingerprint density at radius 3 is 1.40 bits per heavy atom. The van der Waals surface area contributed by atoms with Crippen LogP contribution in [0.3, 0.4) is 0 Å². The summed E-state index contributed by atoms with van der Waals surface area (Å²) < 4.78 is 8.46. The molecule has 0 bridgehead atoms. The molecule has 1 N–H and O–H groups in total. The molecule has 0 amide bonds. The highest BCUT2D eigenvalue weighted by Gasteiger charge is 2.05. The van der Waals surface area contributed by atoms with Crippen LogP contribution in [0.15, 0.2) is 0 Å². The van der Waals surface area contributed by atoms with Gasteiger partial charge >= 0.3 is 8.69 Å². The van der Waals surface area contributed by atoms with E-state index in [1.807, 2.05) is 0 Å². The predicted molar refractivity (Wildman–Crippen MR) is 48.8 cm³/mol. The third-order valence-corrected chi connectivity index (χ3v) is 3.67. The lowest BCUT2D eigenvalue weighted by molar-refractivity contribution is 0.524. The van der Waals surface area contributed by atoms with E-state index in [-0.39, 0.29) is 0 Å². The summed E-state index contributed by atoms with van der Waals surface area (Å²) in [7, 11) is -0.0787. The molecule has 62 valence electrons. The van der Waals surface area contributed by atoms with Crippen LogP contribution in [0.5, 0.6) is 0 Å². The normalized spacial score (nSPS) is 9.30. The Morgan fingerprint density at radius 1 is 1.20 bits per heavy atom. The Morgan fingerprint density at radius 2 is 1.40 bits per heavy atom. The van der Waals surface area contributed by atoms with Crippen LogP contribution in [0, 0.1) is 0 Å². The molecule has 0 aliphatic carbocycles. The van der Waals surface area contributed by atoms with Gasteiger partial charge in [0.1, 0.15) is 17.3 Å². The van der Waals surface area contributed by atoms with Crippen LogP contribution in [0.2, 0.25) is 0 Å². The summed E-state index contributed by atoms with van der Waals surface area (Å²) in [6, 6.07) is 0. The Balaban J connectivity index is 0. The van der Waals surface area contributed by atoms with E-state index in [4.69, 9.17) is 9.46 Å². The van der Waals surface area contributed by atoms with Crippen molar-refractivity contribution >= 4 is 19.6 Å². The Kier molecular flexibility index (Phi) is 15.8. The van der Waals surface area contributed by atoms with Gasteiger partial charge in [-0.25, -0.2) is 4.57 Å². The Bertz CT molecular complexity index is 61.3. The molecular weight excluding hydrogens is 167 g/mol. The van der Waals surface area contributed by atoms with Gasteiger partial charge < -0.3 is 4.89 Å². The summed E-state index contributed by atoms with van der Waals surface area (Å²) in [4.78, 5) is 6.99. The molecule has 4 heteroatoms. The maximum Gasteiger partial charge on any atom is 0.324 e. The average Bonchev–Trinajstić information content (AvgIpc) is 1.93. The molecule has 0 aromatic heterocycles. The van der Waals surface area contributed by atoms with Crippen molar-refractivity contribution in [1.82, 2.24) is 0 Å². The van der Waals surface area contributed by atoms with Crippen molar-refractivity contribution in [2.24, 2.45) is 0 Å². The largest absolute Gasteiger partial charge is 0.324 e. The molecule has 0 aliphatic rings. The van der Waals surface area contributed by atoms with Gasteiger partial charge in [-0.15, -0.1) is 0 Å². The van der Waals surface area contributed by atoms with E-state index >= 15 is 0 Å². The average molecular weight is 183 g/mol. The quantitative estimate of drug-likeness (QED) is 0.535. The molecule has 0 unspecified atom stereocenters. The summed E-state index contributed by atoms with van der Waals surface area (Å²) in [5.74, 6) is 4.15. The van der Waals surface area contributed by atoms with Gasteiger partial charge in [-0.2, -0.15) is 0 Å². The van der Waals surface area contributed by atoms with Gasteiger partial charge in [-0.1, -0.05) is 0 Å². The molecular formula is C6H16O2PS+. The van der Waals surface area contributed by atoms with Gasteiger partial charge in [-0.3, -0.25) is 0 Å². The van der Waals surface area contributed by atoms with E-state index in [2.05, 4.69) is 20.8 Å². The first-order valence-electron chi connectivity index (χ1n) is 3.37. The fourth-order valence-corrected chi connectivity index (χ4v) is 1.84. The lowest BCUT2D eigenvalue weighted by atomic mass is 10.9. The second-order valence-corrected chi connectivity index (χ2v) is 4.68. The van der Waals surface area contributed by atoms with Crippen LogP contribution in [0.25, 0.3) is 0 Å². The Labute approximate surface area is 67.7 Å². The monoisotopic (exact) mass is 183 g/mol. The van der Waals surface area contributed by atoms with Crippen LogP contribution in [-0.4, -0.2) is 22.2 Å². The molecule has 0 fully saturated rings. The predicted octanol–water partition coefficient (Wildman–Crippen LogP) is 1.85. The Hall–Kier alpha value is 0.410. The molecule has 10 heavy (non-hydrogen) atoms. The second kappa shape index (κ2) is 12.1. The lowest BCUT2D eigenvalue weighted by Crippen LogP contribution is -2.09. The first kappa shape index (κ1) is 13.0. The minimum absolute atomic E-state index is 0.755. The first-order valence-corrected chi connectivity index (χ1v) is 5.87. The summed E-state index contributed by atoms with van der Waals surface area (Å²) in [5, 5.41) is 0. The van der Waals surface area contributed by atoms with Crippen LogP contribution in [0.1, 0.15) is 20.8 Å². The third-order valence-electron chi connectivity index (χ3n) is 1.22. The van der Waals surface area contributed by atoms with Crippen molar-refractivity contribution in [3.8, 4) is 0 Å². The highest BCUT2D eigenvalue weighted by molar-refractivity contribution is 7.96. The van der Waals surface area contributed by atoms with Gasteiger partial charge in [0.05, 0.1) is 0 Å². The van der Waals surface area contributed by atoms with E-state index in [0.29, 0.717) is 0 Å². The molecule has 0 aromatic carbocycles. The summed E-state index contributed by atoms with van der Waals surface area (Å²) in [5.41, 5.74) is 0. The molecule has 0 heterocycles. The van der Waals surface area contributed by atoms with Gasteiger partial charge in [0, 0.05) is 0 Å². The lowest BCUT2D eigenvalue weighted by Gasteiger charge is -1.96. The molecule has 0 aliphatic heterocycles. The maximum absolute atomic E-state index is 8.46. The van der Waals surface area contributed by atoms with Crippen molar-refractivity contribution in [3.05, 3.63) is 0 Å². The van der Waals surface area contributed by atoms with Crippen molar-refractivity contribution in [2.45, 2.75) is 20.8 Å². The highest BCUT2D eigenvalue weighted by Crippen LogP contribution is 1.92. The fraction of sp³-hybridized carbons (Fsp3) is 1.00. The number of hydrogen-bond acceptors (Lipinski definition) is 1. The van der Waals surface area contributed by atoms with Crippen LogP contribution < -0.4 is 0 Å². The zero-order chi connectivity index (χ0) is 8.41. The standard InChI is InChI=1S/C6H15S.HO2P/c1-4-7(5-2)6-3;1-3-2/h4-6H2,1-3H3;(H,1,2)/q+1;. The van der Waals surface area contributed by atoms with Crippen molar-refractivity contribution < 1.29 is 9.46 Å². The van der Waals surface area contributed by atoms with Gasteiger partial charge in [0.15, 0.2) is 0 Å². The van der Waals surface area contributed by atoms with E-state index in [9.17, 15) is 0 Å². The zero-order valence-electron chi connectivity index (χ0n) is 6.83. The second-order valence-electron chi connectivity index (χ2n) is 1.56. The fourth-order valence-electron chi connectivity index (χ4n) is 0.612. The van der Waals surface area contributed by atoms with E-state index in [0.717, 1.165) is 10.9 Å². The van der Waals surface area contributed by atoms with Crippen molar-refractivity contribution in [1.29, 1.82) is 0 Å². The van der Waals surface area contributed by atoms with E-state index in [1.165, 1.54) is 17.3 Å².